The van der Waals surface area contributed by atoms with Gasteiger partial charge in [0.15, 0.2) is 0 Å². The number of carboxylic acids is 1. The maximum atomic E-state index is 11.3. The van der Waals surface area contributed by atoms with Crippen molar-refractivity contribution in [2.24, 2.45) is 0 Å². The van der Waals surface area contributed by atoms with Crippen LogP contribution < -0.4 is 10.6 Å². The highest BCUT2D eigenvalue weighted by Crippen LogP contribution is 2.07. The van der Waals surface area contributed by atoms with Crippen molar-refractivity contribution in [3.05, 3.63) is 0 Å². The summed E-state index contributed by atoms with van der Waals surface area (Å²) in [7, 11) is 1.38. The van der Waals surface area contributed by atoms with Gasteiger partial charge in [-0.25, -0.2) is 9.59 Å². The summed E-state index contributed by atoms with van der Waals surface area (Å²) in [4.78, 5) is 33.1. The van der Waals surface area contributed by atoms with Crippen LogP contribution >= 0.6 is 0 Å². The monoisotopic (exact) mass is 246 g/mol. The Morgan fingerprint density at radius 2 is 1.82 bits per heavy atom. The van der Waals surface area contributed by atoms with Gasteiger partial charge in [-0.2, -0.15) is 0 Å². The highest BCUT2D eigenvalue weighted by molar-refractivity contribution is 5.87. The standard InChI is InChI=1S/C10H18N2O5/c1-10(2,3)17-9(16)12-6(8(14)15)5-7(13)11-4/h6H,5H2,1-4H3,(H,11,13)(H,12,16)(H,14,15)/t6-/m1/s1. The first-order valence-electron chi connectivity index (χ1n) is 5.08. The van der Waals surface area contributed by atoms with E-state index in [2.05, 4.69) is 10.6 Å². The van der Waals surface area contributed by atoms with Crippen molar-refractivity contribution in [2.75, 3.05) is 7.05 Å². The lowest BCUT2D eigenvalue weighted by atomic mass is 10.2. The largest absolute Gasteiger partial charge is 0.480 e. The van der Waals surface area contributed by atoms with E-state index in [1.807, 2.05) is 0 Å². The van der Waals surface area contributed by atoms with E-state index in [0.29, 0.717) is 0 Å². The van der Waals surface area contributed by atoms with Gasteiger partial charge in [-0.3, -0.25) is 4.79 Å². The van der Waals surface area contributed by atoms with Gasteiger partial charge in [0.05, 0.1) is 6.42 Å². The molecule has 17 heavy (non-hydrogen) atoms. The summed E-state index contributed by atoms with van der Waals surface area (Å²) in [5.74, 6) is -1.77. The fourth-order valence-corrected chi connectivity index (χ4v) is 0.937. The Labute approximate surface area is 99.5 Å². The van der Waals surface area contributed by atoms with E-state index >= 15 is 0 Å². The zero-order valence-electron chi connectivity index (χ0n) is 10.4. The zero-order valence-corrected chi connectivity index (χ0v) is 10.4. The molecule has 0 aromatic rings. The predicted molar refractivity (Wildman–Crippen MR) is 59.5 cm³/mol. The van der Waals surface area contributed by atoms with Gasteiger partial charge >= 0.3 is 12.1 Å². The molecule has 0 aliphatic heterocycles. The zero-order chi connectivity index (χ0) is 13.6. The summed E-state index contributed by atoms with van der Waals surface area (Å²) < 4.78 is 4.89. The van der Waals surface area contributed by atoms with Crippen LogP contribution in [-0.4, -0.2) is 41.8 Å². The Bertz CT molecular complexity index is 308. The molecule has 7 heteroatoms. The number of nitrogens with one attached hydrogen (secondary N) is 2. The van der Waals surface area contributed by atoms with Gasteiger partial charge in [-0.05, 0) is 20.8 Å². The lowest BCUT2D eigenvalue weighted by Crippen LogP contribution is -2.45. The summed E-state index contributed by atoms with van der Waals surface area (Å²) in [6.07, 6.45) is -1.21. The summed E-state index contributed by atoms with van der Waals surface area (Å²) in [6, 6.07) is -1.30. The average Bonchev–Trinajstić information content (AvgIpc) is 2.13. The molecule has 0 radical (unpaired) electrons. The third kappa shape index (κ3) is 7.15. The predicted octanol–water partition coefficient (Wildman–Crippen LogP) is 0.100. The lowest BCUT2D eigenvalue weighted by molar-refractivity contribution is -0.141. The molecule has 0 aromatic heterocycles. The molecule has 0 bridgehead atoms. The van der Waals surface area contributed by atoms with Crippen LogP contribution in [0.5, 0.6) is 0 Å². The molecule has 0 unspecified atom stereocenters. The first-order chi connectivity index (χ1) is 7.65. The number of rotatable bonds is 4. The van der Waals surface area contributed by atoms with Crippen LogP contribution in [0.15, 0.2) is 0 Å². The van der Waals surface area contributed by atoms with Crippen molar-refractivity contribution in [1.82, 2.24) is 10.6 Å². The van der Waals surface area contributed by atoms with Gasteiger partial charge in [0.2, 0.25) is 5.91 Å². The summed E-state index contributed by atoms with van der Waals surface area (Å²) >= 11 is 0. The van der Waals surface area contributed by atoms with Gasteiger partial charge in [0.1, 0.15) is 11.6 Å². The number of ether oxygens (including phenoxy) is 1. The van der Waals surface area contributed by atoms with Crippen molar-refractivity contribution in [2.45, 2.75) is 38.8 Å². The van der Waals surface area contributed by atoms with Crippen LogP contribution in [0.1, 0.15) is 27.2 Å². The first kappa shape index (κ1) is 15.2. The van der Waals surface area contributed by atoms with E-state index in [9.17, 15) is 14.4 Å². The van der Waals surface area contributed by atoms with Crippen LogP contribution in [0.3, 0.4) is 0 Å². The number of carboxylic acid groups (broad SMARTS) is 1. The van der Waals surface area contributed by atoms with Crippen molar-refractivity contribution in [1.29, 1.82) is 0 Å². The van der Waals surface area contributed by atoms with Gasteiger partial charge in [-0.15, -0.1) is 0 Å². The topological polar surface area (TPSA) is 105 Å². The average molecular weight is 246 g/mol. The minimum absolute atomic E-state index is 0.342. The SMILES string of the molecule is CNC(=O)C[C@@H](NC(=O)OC(C)(C)C)C(=O)O. The van der Waals surface area contributed by atoms with E-state index in [4.69, 9.17) is 9.84 Å². The fourth-order valence-electron chi connectivity index (χ4n) is 0.937. The summed E-state index contributed by atoms with van der Waals surface area (Å²) in [5.41, 5.74) is -0.722. The Kier molecular flexibility index (Phi) is 5.43. The molecule has 3 N–H and O–H groups in total. The molecule has 1 atom stereocenters. The second-order valence-corrected chi connectivity index (χ2v) is 4.41. The fraction of sp³-hybridized carbons (Fsp3) is 0.700. The smallest absolute Gasteiger partial charge is 0.408 e. The van der Waals surface area contributed by atoms with E-state index in [1.165, 1.54) is 7.05 Å². The number of carbonyl (C=O) groups is 3. The number of hydrogen-bond donors (Lipinski definition) is 3. The Balaban J connectivity index is 4.41. The molecule has 0 saturated carbocycles. The van der Waals surface area contributed by atoms with Crippen LogP contribution in [0.25, 0.3) is 0 Å². The number of aliphatic carboxylic acids is 1. The first-order valence-corrected chi connectivity index (χ1v) is 5.08. The van der Waals surface area contributed by atoms with Crippen molar-refractivity contribution in [3.8, 4) is 0 Å². The molecule has 0 aliphatic rings. The third-order valence-corrected chi connectivity index (χ3v) is 1.66. The van der Waals surface area contributed by atoms with Gasteiger partial charge in [0, 0.05) is 7.05 Å². The quantitative estimate of drug-likeness (QED) is 0.652. The molecule has 0 aromatic carbocycles. The van der Waals surface area contributed by atoms with Crippen LogP contribution in [0.2, 0.25) is 0 Å². The minimum Gasteiger partial charge on any atom is -0.480 e. The minimum atomic E-state index is -1.30. The second-order valence-electron chi connectivity index (χ2n) is 4.41. The molecular weight excluding hydrogens is 228 g/mol. The molecule has 0 spiro atoms. The number of alkyl carbamates (subject to hydrolysis) is 1. The van der Waals surface area contributed by atoms with Crippen LogP contribution in [0, 0.1) is 0 Å². The maximum Gasteiger partial charge on any atom is 0.408 e. The second kappa shape index (κ2) is 6.07. The van der Waals surface area contributed by atoms with E-state index in [1.54, 1.807) is 20.8 Å². The van der Waals surface area contributed by atoms with Crippen LogP contribution in [0.4, 0.5) is 4.79 Å². The molecule has 0 rings (SSSR count). The molecular formula is C10H18N2O5. The van der Waals surface area contributed by atoms with Crippen molar-refractivity contribution >= 4 is 18.0 Å². The van der Waals surface area contributed by atoms with E-state index in [0.717, 1.165) is 0 Å². The highest BCUT2D eigenvalue weighted by atomic mass is 16.6. The molecule has 0 saturated heterocycles. The number of carbonyl (C=O) groups excluding carboxylic acids is 2. The molecule has 0 heterocycles. The number of hydrogen-bond acceptors (Lipinski definition) is 4. The summed E-state index contributed by atoms with van der Waals surface area (Å²) in [5, 5.41) is 13.2. The summed E-state index contributed by atoms with van der Waals surface area (Å²) in [6.45, 7) is 4.96. The Morgan fingerprint density at radius 3 is 2.18 bits per heavy atom. The molecule has 98 valence electrons. The number of amides is 2. The molecule has 7 nitrogen and oxygen atoms in total. The van der Waals surface area contributed by atoms with Gasteiger partial charge in [-0.1, -0.05) is 0 Å². The van der Waals surface area contributed by atoms with E-state index < -0.39 is 29.6 Å². The van der Waals surface area contributed by atoms with Gasteiger partial charge in [0.25, 0.3) is 0 Å². The van der Waals surface area contributed by atoms with Gasteiger partial charge < -0.3 is 20.5 Å². The Morgan fingerprint density at radius 1 is 1.29 bits per heavy atom. The molecule has 0 fully saturated rings. The van der Waals surface area contributed by atoms with Crippen molar-refractivity contribution < 1.29 is 24.2 Å². The van der Waals surface area contributed by atoms with Crippen LogP contribution in [-0.2, 0) is 14.3 Å². The van der Waals surface area contributed by atoms with Crippen molar-refractivity contribution in [3.63, 3.8) is 0 Å². The maximum absolute atomic E-state index is 11.3. The third-order valence-electron chi connectivity index (χ3n) is 1.66. The normalized spacial score (nSPS) is 12.5. The Hall–Kier alpha value is -1.79. The van der Waals surface area contributed by atoms with E-state index in [-0.39, 0.29) is 6.42 Å². The lowest BCUT2D eigenvalue weighted by Gasteiger charge is -2.21. The molecule has 0 aliphatic carbocycles. The highest BCUT2D eigenvalue weighted by Gasteiger charge is 2.25. The molecule has 2 amide bonds.